The van der Waals surface area contributed by atoms with Gasteiger partial charge in [0.1, 0.15) is 6.04 Å². The van der Waals surface area contributed by atoms with Crippen molar-refractivity contribution in [1.29, 1.82) is 0 Å². The van der Waals surface area contributed by atoms with Crippen LogP contribution in [-0.2, 0) is 16.1 Å². The minimum absolute atomic E-state index is 0.102. The zero-order chi connectivity index (χ0) is 17.4. The predicted molar refractivity (Wildman–Crippen MR) is 91.8 cm³/mol. The van der Waals surface area contributed by atoms with Crippen molar-refractivity contribution in [2.75, 3.05) is 6.54 Å². The van der Waals surface area contributed by atoms with Gasteiger partial charge >= 0.3 is 0 Å². The van der Waals surface area contributed by atoms with Gasteiger partial charge in [0, 0.05) is 32.5 Å². The van der Waals surface area contributed by atoms with Crippen molar-refractivity contribution in [3.63, 3.8) is 0 Å². The highest BCUT2D eigenvalue weighted by molar-refractivity contribution is 6.42. The molecule has 0 unspecified atom stereocenters. The first-order valence-corrected chi connectivity index (χ1v) is 8.82. The molecule has 1 saturated heterocycles. The maximum atomic E-state index is 13.0. The van der Waals surface area contributed by atoms with Crippen LogP contribution in [0.1, 0.15) is 31.7 Å². The minimum atomic E-state index is -0.645. The number of hydrogen-bond acceptors (Lipinski definition) is 3. The van der Waals surface area contributed by atoms with E-state index in [9.17, 15) is 14.7 Å². The highest BCUT2D eigenvalue weighted by Crippen LogP contribution is 2.32. The summed E-state index contributed by atoms with van der Waals surface area (Å²) in [6.07, 6.45) is 1.57. The first-order valence-electron chi connectivity index (χ1n) is 8.06. The van der Waals surface area contributed by atoms with E-state index in [4.69, 9.17) is 23.2 Å². The Bertz CT molecular complexity index is 663. The summed E-state index contributed by atoms with van der Waals surface area (Å²) in [4.78, 5) is 28.0. The van der Waals surface area contributed by atoms with Crippen molar-refractivity contribution < 1.29 is 14.7 Å². The molecular formula is C17H20Cl2N2O3. The molecule has 0 radical (unpaired) electrons. The first-order chi connectivity index (χ1) is 11.4. The van der Waals surface area contributed by atoms with Gasteiger partial charge in [-0.1, -0.05) is 29.3 Å². The summed E-state index contributed by atoms with van der Waals surface area (Å²) < 4.78 is 0. The monoisotopic (exact) mass is 370 g/mol. The van der Waals surface area contributed by atoms with E-state index in [1.54, 1.807) is 17.0 Å². The zero-order valence-electron chi connectivity index (χ0n) is 13.4. The standard InChI is InChI=1S/C17H20Cl2N2O3/c1-10(22)20-9-13(23)7-16(20)17(24)21(12-3-4-12)8-11-2-5-14(18)15(19)6-11/h2,5-6,12-13,16,23H,3-4,7-9H2,1H3/t13-,16-/m1/s1. The van der Waals surface area contributed by atoms with E-state index in [-0.39, 0.29) is 24.4 Å². The number of likely N-dealkylation sites (tertiary alicyclic amines) is 1. The van der Waals surface area contributed by atoms with Gasteiger partial charge in [0.25, 0.3) is 0 Å². The SMILES string of the molecule is CC(=O)N1C[C@H](O)C[C@@H]1C(=O)N(Cc1ccc(Cl)c(Cl)c1)C1CC1. The molecule has 1 aromatic carbocycles. The van der Waals surface area contributed by atoms with Gasteiger partial charge in [0.2, 0.25) is 11.8 Å². The van der Waals surface area contributed by atoms with Crippen LogP contribution in [0.4, 0.5) is 0 Å². The first kappa shape index (κ1) is 17.5. The summed E-state index contributed by atoms with van der Waals surface area (Å²) in [7, 11) is 0. The molecule has 1 heterocycles. The lowest BCUT2D eigenvalue weighted by Crippen LogP contribution is -2.47. The number of benzene rings is 1. The van der Waals surface area contributed by atoms with Crippen LogP contribution >= 0.6 is 23.2 Å². The summed E-state index contributed by atoms with van der Waals surface area (Å²) in [5, 5.41) is 10.8. The zero-order valence-corrected chi connectivity index (χ0v) is 14.9. The summed E-state index contributed by atoms with van der Waals surface area (Å²) >= 11 is 12.0. The molecule has 0 bridgehead atoms. The molecule has 0 aromatic heterocycles. The molecule has 2 amide bonds. The van der Waals surface area contributed by atoms with E-state index in [0.29, 0.717) is 23.0 Å². The maximum Gasteiger partial charge on any atom is 0.246 e. The van der Waals surface area contributed by atoms with Gasteiger partial charge < -0.3 is 14.9 Å². The molecule has 1 saturated carbocycles. The van der Waals surface area contributed by atoms with Gasteiger partial charge in [-0.25, -0.2) is 0 Å². The Morgan fingerprint density at radius 1 is 1.29 bits per heavy atom. The third kappa shape index (κ3) is 3.68. The highest BCUT2D eigenvalue weighted by Gasteiger charge is 2.43. The van der Waals surface area contributed by atoms with E-state index in [1.807, 2.05) is 6.07 Å². The molecule has 2 atom stereocenters. The van der Waals surface area contributed by atoms with Crippen LogP contribution in [0.2, 0.25) is 10.0 Å². The maximum absolute atomic E-state index is 13.0. The topological polar surface area (TPSA) is 60.9 Å². The summed E-state index contributed by atoms with van der Waals surface area (Å²) in [5.41, 5.74) is 0.901. The third-order valence-corrected chi connectivity index (χ3v) is 5.32. The molecule has 5 nitrogen and oxygen atoms in total. The fraction of sp³-hybridized carbons (Fsp3) is 0.529. The quantitative estimate of drug-likeness (QED) is 0.885. The highest BCUT2D eigenvalue weighted by atomic mass is 35.5. The second-order valence-electron chi connectivity index (χ2n) is 6.52. The van der Waals surface area contributed by atoms with Gasteiger partial charge in [-0.3, -0.25) is 9.59 Å². The number of rotatable bonds is 4. The van der Waals surface area contributed by atoms with E-state index in [1.165, 1.54) is 11.8 Å². The van der Waals surface area contributed by atoms with Crippen LogP contribution in [-0.4, -0.2) is 51.5 Å². The van der Waals surface area contributed by atoms with Crippen molar-refractivity contribution in [2.24, 2.45) is 0 Å². The summed E-state index contributed by atoms with van der Waals surface area (Å²) in [6, 6.07) is 4.94. The normalized spacial score (nSPS) is 23.4. The van der Waals surface area contributed by atoms with E-state index in [0.717, 1.165) is 18.4 Å². The predicted octanol–water partition coefficient (Wildman–Crippen LogP) is 2.47. The minimum Gasteiger partial charge on any atom is -0.391 e. The van der Waals surface area contributed by atoms with Crippen molar-refractivity contribution in [3.05, 3.63) is 33.8 Å². The molecule has 0 spiro atoms. The average molecular weight is 371 g/mol. The van der Waals surface area contributed by atoms with E-state index >= 15 is 0 Å². The van der Waals surface area contributed by atoms with Crippen LogP contribution in [0.25, 0.3) is 0 Å². The Morgan fingerprint density at radius 3 is 2.58 bits per heavy atom. The van der Waals surface area contributed by atoms with E-state index < -0.39 is 12.1 Å². The summed E-state index contributed by atoms with van der Waals surface area (Å²) in [6.45, 7) is 2.08. The molecule has 24 heavy (non-hydrogen) atoms. The van der Waals surface area contributed by atoms with E-state index in [2.05, 4.69) is 0 Å². The molecule has 7 heteroatoms. The Hall–Kier alpha value is -1.30. The summed E-state index contributed by atoms with van der Waals surface area (Å²) in [5.74, 6) is -0.287. The van der Waals surface area contributed by atoms with Crippen LogP contribution in [0.3, 0.4) is 0 Å². The van der Waals surface area contributed by atoms with Crippen molar-refractivity contribution >= 4 is 35.0 Å². The van der Waals surface area contributed by atoms with Crippen LogP contribution in [0.5, 0.6) is 0 Å². The number of aliphatic hydroxyl groups is 1. The number of β-amino-alcohol motifs (C(OH)–C–C–N with tert-alkyl or cyclic N) is 1. The number of hydrogen-bond donors (Lipinski definition) is 1. The molecule has 2 fully saturated rings. The smallest absolute Gasteiger partial charge is 0.246 e. The van der Waals surface area contributed by atoms with Gasteiger partial charge in [-0.2, -0.15) is 0 Å². The van der Waals surface area contributed by atoms with Crippen molar-refractivity contribution in [3.8, 4) is 0 Å². The molecular weight excluding hydrogens is 351 g/mol. The van der Waals surface area contributed by atoms with Crippen molar-refractivity contribution in [2.45, 2.75) is 50.9 Å². The van der Waals surface area contributed by atoms with Gasteiger partial charge in [0.05, 0.1) is 16.1 Å². The molecule has 2 aliphatic rings. The van der Waals surface area contributed by atoms with Crippen molar-refractivity contribution in [1.82, 2.24) is 9.80 Å². The number of nitrogens with zero attached hydrogens (tertiary/aromatic N) is 2. The number of carbonyl (C=O) groups excluding carboxylic acids is 2. The molecule has 3 rings (SSSR count). The largest absolute Gasteiger partial charge is 0.391 e. The Labute approximate surface area is 151 Å². The lowest BCUT2D eigenvalue weighted by molar-refractivity contribution is -0.143. The average Bonchev–Trinajstić information content (AvgIpc) is 3.29. The van der Waals surface area contributed by atoms with Gasteiger partial charge in [0.15, 0.2) is 0 Å². The second kappa shape index (κ2) is 6.90. The Balaban J connectivity index is 1.79. The fourth-order valence-corrected chi connectivity index (χ4v) is 3.52. The number of carbonyl (C=O) groups is 2. The third-order valence-electron chi connectivity index (χ3n) is 4.58. The second-order valence-corrected chi connectivity index (χ2v) is 7.34. The number of halogens is 2. The Kier molecular flexibility index (Phi) is 5.04. The van der Waals surface area contributed by atoms with Crippen LogP contribution in [0.15, 0.2) is 18.2 Å². The van der Waals surface area contributed by atoms with Gasteiger partial charge in [-0.15, -0.1) is 0 Å². The van der Waals surface area contributed by atoms with Crippen LogP contribution < -0.4 is 0 Å². The fourth-order valence-electron chi connectivity index (χ4n) is 3.20. The molecule has 1 aliphatic carbocycles. The number of amides is 2. The molecule has 1 N–H and O–H groups in total. The molecule has 1 aliphatic heterocycles. The number of aliphatic hydroxyl groups excluding tert-OH is 1. The lowest BCUT2D eigenvalue weighted by Gasteiger charge is -2.30. The molecule has 1 aromatic rings. The van der Waals surface area contributed by atoms with Gasteiger partial charge in [-0.05, 0) is 30.5 Å². The van der Waals surface area contributed by atoms with Crippen LogP contribution in [0, 0.1) is 0 Å². The lowest BCUT2D eigenvalue weighted by atomic mass is 10.1. The molecule has 130 valence electrons. The Morgan fingerprint density at radius 2 is 2.00 bits per heavy atom.